The minimum Gasteiger partial charge on any atom is -0.480 e. The van der Waals surface area contributed by atoms with Gasteiger partial charge >= 0.3 is 5.97 Å². The fraction of sp³-hybridized carbons (Fsp3) is 0.0833. The molecule has 0 bridgehead atoms. The van der Waals surface area contributed by atoms with Gasteiger partial charge in [0.05, 0.1) is 0 Å². The molecule has 1 amide bonds. The molecule has 1 heterocycles. The van der Waals surface area contributed by atoms with Gasteiger partial charge in [0.1, 0.15) is 12.2 Å². The number of hydrogen-bond acceptors (Lipinski definition) is 3. The van der Waals surface area contributed by atoms with Gasteiger partial charge in [-0.3, -0.25) is 14.5 Å². The number of aliphatic carboxylic acids is 1. The van der Waals surface area contributed by atoms with Crippen LogP contribution in [-0.4, -0.2) is 33.5 Å². The van der Waals surface area contributed by atoms with E-state index >= 15 is 0 Å². The lowest BCUT2D eigenvalue weighted by Crippen LogP contribution is -2.35. The van der Waals surface area contributed by atoms with E-state index in [1.807, 2.05) is 0 Å². The number of nitrogens with zero attached hydrogens (tertiary/aromatic N) is 1. The highest BCUT2D eigenvalue weighted by molar-refractivity contribution is 7.80. The molecule has 5 nitrogen and oxygen atoms in total. The molecule has 7 heteroatoms. The SMILES string of the molecule is O=C(O)CN1C(=O)/C(=C\c2ccc(Cl)cc2)NC1=S. The van der Waals surface area contributed by atoms with Crippen LogP contribution in [0.15, 0.2) is 30.0 Å². The van der Waals surface area contributed by atoms with Crippen LogP contribution in [0.1, 0.15) is 5.56 Å². The van der Waals surface area contributed by atoms with Crippen molar-refractivity contribution in [1.82, 2.24) is 10.2 Å². The summed E-state index contributed by atoms with van der Waals surface area (Å²) in [6, 6.07) is 6.88. The number of amides is 1. The van der Waals surface area contributed by atoms with Gasteiger partial charge in [-0.15, -0.1) is 0 Å². The molecule has 1 saturated heterocycles. The summed E-state index contributed by atoms with van der Waals surface area (Å²) < 4.78 is 0. The lowest BCUT2D eigenvalue weighted by Gasteiger charge is -2.09. The van der Waals surface area contributed by atoms with Crippen LogP contribution >= 0.6 is 23.8 Å². The third-order valence-electron chi connectivity index (χ3n) is 2.44. The van der Waals surface area contributed by atoms with E-state index in [2.05, 4.69) is 5.32 Å². The van der Waals surface area contributed by atoms with Gasteiger partial charge in [-0.1, -0.05) is 23.7 Å². The Morgan fingerprint density at radius 3 is 2.63 bits per heavy atom. The number of halogens is 1. The minimum absolute atomic E-state index is 0.0904. The number of benzene rings is 1. The van der Waals surface area contributed by atoms with E-state index in [-0.39, 0.29) is 10.8 Å². The van der Waals surface area contributed by atoms with Crippen molar-refractivity contribution < 1.29 is 14.7 Å². The van der Waals surface area contributed by atoms with Crippen LogP contribution in [0.2, 0.25) is 5.02 Å². The van der Waals surface area contributed by atoms with Crippen LogP contribution in [-0.2, 0) is 9.59 Å². The van der Waals surface area contributed by atoms with E-state index in [0.717, 1.165) is 10.5 Å². The molecule has 0 unspecified atom stereocenters. The van der Waals surface area contributed by atoms with Gasteiger partial charge in [-0.2, -0.15) is 0 Å². The van der Waals surface area contributed by atoms with Crippen LogP contribution in [0, 0.1) is 0 Å². The second-order valence-electron chi connectivity index (χ2n) is 3.82. The van der Waals surface area contributed by atoms with Crippen molar-refractivity contribution in [3.05, 3.63) is 40.5 Å². The van der Waals surface area contributed by atoms with Crippen molar-refractivity contribution in [2.45, 2.75) is 0 Å². The molecule has 19 heavy (non-hydrogen) atoms. The smallest absolute Gasteiger partial charge is 0.323 e. The fourth-order valence-electron chi connectivity index (χ4n) is 1.58. The third-order valence-corrected chi connectivity index (χ3v) is 3.01. The Hall–Kier alpha value is -1.92. The average Bonchev–Trinajstić information content (AvgIpc) is 2.60. The fourth-order valence-corrected chi connectivity index (χ4v) is 1.96. The van der Waals surface area contributed by atoms with E-state index in [1.54, 1.807) is 30.3 Å². The molecule has 0 radical (unpaired) electrons. The highest BCUT2D eigenvalue weighted by Gasteiger charge is 2.31. The Balaban J connectivity index is 2.23. The second-order valence-corrected chi connectivity index (χ2v) is 4.65. The zero-order chi connectivity index (χ0) is 14.0. The molecule has 1 aliphatic heterocycles. The van der Waals surface area contributed by atoms with Crippen molar-refractivity contribution in [3.63, 3.8) is 0 Å². The number of hydrogen-bond donors (Lipinski definition) is 2. The predicted octanol–water partition coefficient (Wildman–Crippen LogP) is 1.48. The highest BCUT2D eigenvalue weighted by Crippen LogP contribution is 2.16. The summed E-state index contributed by atoms with van der Waals surface area (Å²) >= 11 is 10.7. The first kappa shape index (κ1) is 13.5. The largest absolute Gasteiger partial charge is 0.480 e. The molecule has 0 atom stereocenters. The van der Waals surface area contributed by atoms with Gasteiger partial charge in [0.2, 0.25) is 0 Å². The lowest BCUT2D eigenvalue weighted by atomic mass is 10.2. The molecule has 2 rings (SSSR count). The summed E-state index contributed by atoms with van der Waals surface area (Å²) in [7, 11) is 0. The molecular formula is C12H9ClN2O3S. The molecular weight excluding hydrogens is 288 g/mol. The number of carbonyl (C=O) groups excluding carboxylic acids is 1. The molecule has 1 aromatic carbocycles. The third kappa shape index (κ3) is 3.10. The van der Waals surface area contributed by atoms with Crippen LogP contribution < -0.4 is 5.32 Å². The van der Waals surface area contributed by atoms with Crippen LogP contribution in [0.3, 0.4) is 0 Å². The minimum atomic E-state index is -1.12. The standard InChI is InChI=1S/C12H9ClN2O3S/c13-8-3-1-7(2-4-8)5-9-11(18)15(6-10(16)17)12(19)14-9/h1-5H,6H2,(H,14,19)(H,16,17)/b9-5+. The van der Waals surface area contributed by atoms with Crippen molar-refractivity contribution in [1.29, 1.82) is 0 Å². The number of carboxylic acids is 1. The molecule has 1 aliphatic rings. The lowest BCUT2D eigenvalue weighted by molar-refractivity contribution is -0.140. The van der Waals surface area contributed by atoms with E-state index < -0.39 is 18.4 Å². The average molecular weight is 297 g/mol. The van der Waals surface area contributed by atoms with Gasteiger partial charge in [0.15, 0.2) is 5.11 Å². The molecule has 1 aromatic rings. The summed E-state index contributed by atoms with van der Waals surface area (Å²) in [5, 5.41) is 12.1. The molecule has 2 N–H and O–H groups in total. The number of carbonyl (C=O) groups is 2. The van der Waals surface area contributed by atoms with Gasteiger partial charge < -0.3 is 10.4 Å². The van der Waals surface area contributed by atoms with E-state index in [4.69, 9.17) is 28.9 Å². The first-order valence-corrected chi connectivity index (χ1v) is 6.08. The molecule has 0 saturated carbocycles. The Bertz CT molecular complexity index is 583. The Morgan fingerprint density at radius 2 is 2.05 bits per heavy atom. The molecule has 1 fully saturated rings. The molecule has 0 aromatic heterocycles. The van der Waals surface area contributed by atoms with E-state index in [9.17, 15) is 9.59 Å². The normalized spacial score (nSPS) is 16.9. The first-order valence-electron chi connectivity index (χ1n) is 5.29. The number of nitrogens with one attached hydrogen (secondary N) is 1. The molecule has 0 aliphatic carbocycles. The zero-order valence-electron chi connectivity index (χ0n) is 9.59. The maximum atomic E-state index is 11.9. The van der Waals surface area contributed by atoms with Crippen LogP contribution in [0.5, 0.6) is 0 Å². The molecule has 0 spiro atoms. The highest BCUT2D eigenvalue weighted by atomic mass is 35.5. The number of rotatable bonds is 3. The van der Waals surface area contributed by atoms with E-state index in [1.165, 1.54) is 0 Å². The molecule has 98 valence electrons. The number of carboxylic acid groups (broad SMARTS) is 1. The summed E-state index contributed by atoms with van der Waals surface area (Å²) in [6.07, 6.45) is 1.59. The van der Waals surface area contributed by atoms with Crippen LogP contribution in [0.4, 0.5) is 0 Å². The monoisotopic (exact) mass is 296 g/mol. The van der Waals surface area contributed by atoms with Crippen molar-refractivity contribution >= 4 is 46.9 Å². The first-order chi connectivity index (χ1) is 8.97. The van der Waals surface area contributed by atoms with Crippen molar-refractivity contribution in [2.75, 3.05) is 6.54 Å². The quantitative estimate of drug-likeness (QED) is 0.653. The Labute approximate surface area is 119 Å². The Kier molecular flexibility index (Phi) is 3.82. The summed E-state index contributed by atoms with van der Waals surface area (Å²) in [5.74, 6) is -1.58. The Morgan fingerprint density at radius 1 is 1.42 bits per heavy atom. The topological polar surface area (TPSA) is 69.6 Å². The maximum Gasteiger partial charge on any atom is 0.323 e. The van der Waals surface area contributed by atoms with Crippen LogP contribution in [0.25, 0.3) is 6.08 Å². The second kappa shape index (κ2) is 5.38. The zero-order valence-corrected chi connectivity index (χ0v) is 11.2. The van der Waals surface area contributed by atoms with Crippen molar-refractivity contribution in [2.24, 2.45) is 0 Å². The maximum absolute atomic E-state index is 11.9. The van der Waals surface area contributed by atoms with Gasteiger partial charge in [-0.05, 0) is 36.0 Å². The van der Waals surface area contributed by atoms with Gasteiger partial charge in [0.25, 0.3) is 5.91 Å². The van der Waals surface area contributed by atoms with Crippen molar-refractivity contribution in [3.8, 4) is 0 Å². The van der Waals surface area contributed by atoms with E-state index in [0.29, 0.717) is 5.02 Å². The number of thiocarbonyl (C=S) groups is 1. The predicted molar refractivity (Wildman–Crippen MR) is 74.5 cm³/mol. The summed E-state index contributed by atoms with van der Waals surface area (Å²) in [4.78, 5) is 23.6. The summed E-state index contributed by atoms with van der Waals surface area (Å²) in [6.45, 7) is -0.456. The summed E-state index contributed by atoms with van der Waals surface area (Å²) in [5.41, 5.74) is 1.01. The van der Waals surface area contributed by atoms with Gasteiger partial charge in [0, 0.05) is 5.02 Å². The van der Waals surface area contributed by atoms with Gasteiger partial charge in [-0.25, -0.2) is 0 Å².